The highest BCUT2D eigenvalue weighted by Crippen LogP contribution is 2.24. The Bertz CT molecular complexity index is 836. The van der Waals surface area contributed by atoms with E-state index >= 15 is 0 Å². The zero-order chi connectivity index (χ0) is 17.1. The number of carbonyl (C=O) groups excluding carboxylic acids is 1. The Morgan fingerprint density at radius 2 is 1.62 bits per heavy atom. The number of fused-ring (bicyclic) bond motifs is 1. The van der Waals surface area contributed by atoms with Gasteiger partial charge in [-0.15, -0.1) is 0 Å². The molecule has 1 amide bonds. The second kappa shape index (κ2) is 6.89. The molecule has 0 bridgehead atoms. The average Bonchev–Trinajstić information content (AvgIpc) is 2.93. The van der Waals surface area contributed by atoms with Gasteiger partial charge in [0.05, 0.1) is 5.56 Å². The van der Waals surface area contributed by atoms with E-state index in [4.69, 9.17) is 0 Å². The summed E-state index contributed by atoms with van der Waals surface area (Å²) < 4.78 is 2.01. The van der Waals surface area contributed by atoms with Gasteiger partial charge >= 0.3 is 0 Å². The molecule has 0 N–H and O–H groups in total. The van der Waals surface area contributed by atoms with Crippen molar-refractivity contribution < 1.29 is 4.79 Å². The highest BCUT2D eigenvalue weighted by atomic mass is 16.2. The van der Waals surface area contributed by atoms with Gasteiger partial charge in [0.15, 0.2) is 0 Å². The van der Waals surface area contributed by atoms with Crippen LogP contribution in [0, 0.1) is 0 Å². The average molecular weight is 321 g/mol. The first-order valence-corrected chi connectivity index (χ1v) is 8.13. The van der Waals surface area contributed by atoms with E-state index in [1.807, 2.05) is 91.4 Å². The predicted molar refractivity (Wildman–Crippen MR) is 99.6 cm³/mol. The van der Waals surface area contributed by atoms with Gasteiger partial charge in [-0.05, 0) is 32.3 Å². The minimum absolute atomic E-state index is 0.0415. The van der Waals surface area contributed by atoms with E-state index in [9.17, 15) is 4.79 Å². The zero-order valence-electron chi connectivity index (χ0n) is 14.4. The lowest BCUT2D eigenvalue weighted by Gasteiger charge is -2.24. The van der Waals surface area contributed by atoms with Crippen LogP contribution >= 0.6 is 0 Å². The van der Waals surface area contributed by atoms with Crippen LogP contribution in [0.3, 0.4) is 0 Å². The SMILES string of the molecule is CN(C)CCN(C(=O)c1cn(C)c2ccccc12)c1ccccc1. The van der Waals surface area contributed by atoms with E-state index in [0.717, 1.165) is 28.7 Å². The van der Waals surface area contributed by atoms with Gasteiger partial charge in [-0.2, -0.15) is 0 Å². The number of hydrogen-bond donors (Lipinski definition) is 0. The Hall–Kier alpha value is -2.59. The number of hydrogen-bond acceptors (Lipinski definition) is 2. The molecule has 1 heterocycles. The molecule has 0 saturated heterocycles. The molecule has 4 nitrogen and oxygen atoms in total. The van der Waals surface area contributed by atoms with E-state index in [0.29, 0.717) is 6.54 Å². The van der Waals surface area contributed by atoms with Crippen LogP contribution in [0.15, 0.2) is 60.8 Å². The van der Waals surface area contributed by atoms with Crippen molar-refractivity contribution >= 4 is 22.5 Å². The normalized spacial score (nSPS) is 11.2. The molecule has 0 aliphatic rings. The van der Waals surface area contributed by atoms with E-state index in [2.05, 4.69) is 4.90 Å². The Balaban J connectivity index is 2.01. The zero-order valence-corrected chi connectivity index (χ0v) is 14.4. The highest BCUT2D eigenvalue weighted by molar-refractivity contribution is 6.14. The molecular formula is C20H23N3O. The van der Waals surface area contributed by atoms with E-state index in [-0.39, 0.29) is 5.91 Å². The molecule has 0 atom stereocenters. The number of likely N-dealkylation sites (N-methyl/N-ethyl adjacent to an activating group) is 1. The first-order valence-electron chi connectivity index (χ1n) is 8.13. The molecule has 0 fully saturated rings. The Labute approximate surface area is 142 Å². The minimum atomic E-state index is 0.0415. The Morgan fingerprint density at radius 1 is 0.958 bits per heavy atom. The van der Waals surface area contributed by atoms with Crippen LogP contribution in [0.1, 0.15) is 10.4 Å². The maximum absolute atomic E-state index is 13.3. The summed E-state index contributed by atoms with van der Waals surface area (Å²) >= 11 is 0. The number of para-hydroxylation sites is 2. The molecule has 0 spiro atoms. The lowest BCUT2D eigenvalue weighted by molar-refractivity contribution is 0.0986. The number of anilines is 1. The predicted octanol–water partition coefficient (Wildman–Crippen LogP) is 3.39. The van der Waals surface area contributed by atoms with Crippen molar-refractivity contribution in [2.75, 3.05) is 32.1 Å². The summed E-state index contributed by atoms with van der Waals surface area (Å²) in [6, 6.07) is 17.9. The van der Waals surface area contributed by atoms with Gasteiger partial charge < -0.3 is 14.4 Å². The van der Waals surface area contributed by atoms with Crippen LogP contribution < -0.4 is 4.90 Å². The lowest BCUT2D eigenvalue weighted by Crippen LogP contribution is -2.36. The monoisotopic (exact) mass is 321 g/mol. The lowest BCUT2D eigenvalue weighted by atomic mass is 10.1. The summed E-state index contributed by atoms with van der Waals surface area (Å²) in [7, 11) is 6.02. The van der Waals surface area contributed by atoms with Crippen molar-refractivity contribution in [2.45, 2.75) is 0 Å². The maximum Gasteiger partial charge on any atom is 0.260 e. The maximum atomic E-state index is 13.3. The number of benzene rings is 2. The van der Waals surface area contributed by atoms with Gasteiger partial charge in [0.1, 0.15) is 0 Å². The Morgan fingerprint density at radius 3 is 2.33 bits per heavy atom. The molecule has 1 aromatic heterocycles. The third kappa shape index (κ3) is 3.19. The van der Waals surface area contributed by atoms with Gasteiger partial charge in [0, 0.05) is 42.9 Å². The molecular weight excluding hydrogens is 298 g/mol. The van der Waals surface area contributed by atoms with Crippen molar-refractivity contribution in [1.82, 2.24) is 9.47 Å². The van der Waals surface area contributed by atoms with Crippen molar-refractivity contribution in [1.29, 1.82) is 0 Å². The number of rotatable bonds is 5. The summed E-state index contributed by atoms with van der Waals surface area (Å²) in [6.45, 7) is 1.46. The van der Waals surface area contributed by atoms with Crippen LogP contribution in [0.25, 0.3) is 10.9 Å². The molecule has 0 radical (unpaired) electrons. The second-order valence-corrected chi connectivity index (χ2v) is 6.27. The molecule has 0 saturated carbocycles. The number of aromatic nitrogens is 1. The standard InChI is InChI=1S/C20H23N3O/c1-21(2)13-14-23(16-9-5-4-6-10-16)20(24)18-15-22(3)19-12-8-7-11-17(18)19/h4-12,15H,13-14H2,1-3H3. The molecule has 2 aromatic carbocycles. The van der Waals surface area contributed by atoms with E-state index < -0.39 is 0 Å². The highest BCUT2D eigenvalue weighted by Gasteiger charge is 2.21. The molecule has 3 aromatic rings. The fourth-order valence-electron chi connectivity index (χ4n) is 2.91. The topological polar surface area (TPSA) is 28.5 Å². The van der Waals surface area contributed by atoms with Crippen LogP contribution in [-0.2, 0) is 7.05 Å². The van der Waals surface area contributed by atoms with Crippen LogP contribution in [0.2, 0.25) is 0 Å². The number of aryl methyl sites for hydroxylation is 1. The van der Waals surface area contributed by atoms with Crippen molar-refractivity contribution in [3.8, 4) is 0 Å². The van der Waals surface area contributed by atoms with Gasteiger partial charge in [0.25, 0.3) is 5.91 Å². The third-order valence-electron chi connectivity index (χ3n) is 4.21. The van der Waals surface area contributed by atoms with Crippen LogP contribution in [0.4, 0.5) is 5.69 Å². The van der Waals surface area contributed by atoms with Crippen molar-refractivity contribution in [3.05, 3.63) is 66.4 Å². The molecule has 0 aliphatic heterocycles. The fraction of sp³-hybridized carbons (Fsp3) is 0.250. The molecule has 24 heavy (non-hydrogen) atoms. The smallest absolute Gasteiger partial charge is 0.260 e. The van der Waals surface area contributed by atoms with Gasteiger partial charge in [-0.25, -0.2) is 0 Å². The molecule has 124 valence electrons. The van der Waals surface area contributed by atoms with Gasteiger partial charge in [0.2, 0.25) is 0 Å². The Kier molecular flexibility index (Phi) is 4.67. The number of carbonyl (C=O) groups is 1. The summed E-state index contributed by atoms with van der Waals surface area (Å²) in [6.07, 6.45) is 1.93. The molecule has 0 aliphatic carbocycles. The van der Waals surface area contributed by atoms with Crippen molar-refractivity contribution in [2.24, 2.45) is 7.05 Å². The number of amides is 1. The quantitative estimate of drug-likeness (QED) is 0.721. The molecule has 0 unspecified atom stereocenters. The third-order valence-corrected chi connectivity index (χ3v) is 4.21. The molecule has 4 heteroatoms. The van der Waals surface area contributed by atoms with Crippen LogP contribution in [0.5, 0.6) is 0 Å². The largest absolute Gasteiger partial charge is 0.350 e. The van der Waals surface area contributed by atoms with Crippen molar-refractivity contribution in [3.63, 3.8) is 0 Å². The molecule has 3 rings (SSSR count). The summed E-state index contributed by atoms with van der Waals surface area (Å²) in [4.78, 5) is 17.2. The number of nitrogens with zero attached hydrogens (tertiary/aromatic N) is 3. The second-order valence-electron chi connectivity index (χ2n) is 6.27. The summed E-state index contributed by atoms with van der Waals surface area (Å²) in [5.41, 5.74) is 2.74. The van der Waals surface area contributed by atoms with E-state index in [1.54, 1.807) is 0 Å². The summed E-state index contributed by atoms with van der Waals surface area (Å²) in [5.74, 6) is 0.0415. The fourth-order valence-corrected chi connectivity index (χ4v) is 2.91. The van der Waals surface area contributed by atoms with Crippen LogP contribution in [-0.4, -0.2) is 42.6 Å². The minimum Gasteiger partial charge on any atom is -0.350 e. The first-order chi connectivity index (χ1) is 11.6. The van der Waals surface area contributed by atoms with E-state index in [1.165, 1.54) is 0 Å². The summed E-state index contributed by atoms with van der Waals surface area (Å²) in [5, 5.41) is 0.996. The van der Waals surface area contributed by atoms with Gasteiger partial charge in [-0.1, -0.05) is 36.4 Å². The first kappa shape index (κ1) is 16.3. The van der Waals surface area contributed by atoms with Gasteiger partial charge in [-0.3, -0.25) is 4.79 Å².